The third kappa shape index (κ3) is 4.37. The molecule has 1 atom stereocenters. The van der Waals surface area contributed by atoms with Crippen molar-refractivity contribution in [2.45, 2.75) is 19.4 Å². The first kappa shape index (κ1) is 15.7. The molecular formula is C16H17BrN2O2. The number of hydrogen-bond acceptors (Lipinski definition) is 3. The fourth-order valence-electron chi connectivity index (χ4n) is 2.15. The van der Waals surface area contributed by atoms with Crippen molar-refractivity contribution in [3.63, 3.8) is 0 Å². The lowest BCUT2D eigenvalue weighted by Crippen LogP contribution is -2.21. The van der Waals surface area contributed by atoms with E-state index >= 15 is 0 Å². The number of benzene rings is 2. The van der Waals surface area contributed by atoms with Crippen LogP contribution in [-0.2, 0) is 6.42 Å². The third-order valence-corrected chi connectivity index (χ3v) is 4.11. The van der Waals surface area contributed by atoms with Gasteiger partial charge in [0.2, 0.25) is 0 Å². The maximum Gasteiger partial charge on any atom is 0.269 e. The monoisotopic (exact) mass is 348 g/mol. The number of nitro groups is 1. The summed E-state index contributed by atoms with van der Waals surface area (Å²) in [5.74, 6) is 0. The maximum atomic E-state index is 10.6. The van der Waals surface area contributed by atoms with Crippen molar-refractivity contribution >= 4 is 21.6 Å². The molecule has 1 unspecified atom stereocenters. The average Bonchev–Trinajstić information content (AvgIpc) is 2.48. The zero-order valence-electron chi connectivity index (χ0n) is 11.8. The smallest absolute Gasteiger partial charge is 0.269 e. The van der Waals surface area contributed by atoms with Gasteiger partial charge in [-0.15, -0.1) is 0 Å². The highest BCUT2D eigenvalue weighted by molar-refractivity contribution is 9.10. The minimum Gasteiger partial charge on any atom is -0.310 e. The van der Waals surface area contributed by atoms with Gasteiger partial charge in [0.25, 0.3) is 5.69 Å². The Morgan fingerprint density at radius 2 is 1.86 bits per heavy atom. The SMILES string of the molecule is CC(NCCc1ccc([N+](=O)[O-])cc1)c1ccccc1Br. The van der Waals surface area contributed by atoms with Crippen LogP contribution < -0.4 is 5.32 Å². The maximum absolute atomic E-state index is 10.6. The Morgan fingerprint density at radius 1 is 1.19 bits per heavy atom. The number of halogens is 1. The van der Waals surface area contributed by atoms with E-state index in [0.717, 1.165) is 23.0 Å². The van der Waals surface area contributed by atoms with Gasteiger partial charge in [0.1, 0.15) is 0 Å². The molecular weight excluding hydrogens is 332 g/mol. The minimum atomic E-state index is -0.378. The van der Waals surface area contributed by atoms with Crippen LogP contribution in [0.1, 0.15) is 24.1 Å². The zero-order valence-corrected chi connectivity index (χ0v) is 13.3. The molecule has 110 valence electrons. The number of rotatable bonds is 6. The number of nitro benzene ring substituents is 1. The average molecular weight is 349 g/mol. The first-order valence-electron chi connectivity index (χ1n) is 6.79. The van der Waals surface area contributed by atoms with E-state index in [1.165, 1.54) is 5.56 Å². The number of non-ortho nitro benzene ring substituents is 1. The Morgan fingerprint density at radius 3 is 2.48 bits per heavy atom. The van der Waals surface area contributed by atoms with E-state index in [-0.39, 0.29) is 16.7 Å². The van der Waals surface area contributed by atoms with E-state index in [2.05, 4.69) is 34.2 Å². The van der Waals surface area contributed by atoms with E-state index in [1.807, 2.05) is 30.3 Å². The Labute approximate surface area is 132 Å². The summed E-state index contributed by atoms with van der Waals surface area (Å²) in [7, 11) is 0. The van der Waals surface area contributed by atoms with E-state index < -0.39 is 0 Å². The number of hydrogen-bond donors (Lipinski definition) is 1. The Balaban J connectivity index is 1.86. The fraction of sp³-hybridized carbons (Fsp3) is 0.250. The molecule has 0 aliphatic rings. The second-order valence-electron chi connectivity index (χ2n) is 4.87. The van der Waals surface area contributed by atoms with Crippen molar-refractivity contribution in [2.24, 2.45) is 0 Å². The largest absolute Gasteiger partial charge is 0.310 e. The van der Waals surface area contributed by atoms with Crippen molar-refractivity contribution < 1.29 is 4.92 Å². The lowest BCUT2D eigenvalue weighted by Gasteiger charge is -2.15. The standard InChI is InChI=1S/C16H17BrN2O2/c1-12(15-4-2-3-5-16(15)17)18-11-10-13-6-8-14(9-7-13)19(20)21/h2-9,12,18H,10-11H2,1H3. The molecule has 0 fully saturated rings. The zero-order chi connectivity index (χ0) is 15.2. The van der Waals surface area contributed by atoms with E-state index in [1.54, 1.807) is 12.1 Å². The molecule has 0 saturated carbocycles. The quantitative estimate of drug-likeness (QED) is 0.627. The summed E-state index contributed by atoms with van der Waals surface area (Å²) >= 11 is 3.55. The van der Waals surface area contributed by atoms with Crippen LogP contribution in [-0.4, -0.2) is 11.5 Å². The van der Waals surface area contributed by atoms with Crippen molar-refractivity contribution in [2.75, 3.05) is 6.54 Å². The third-order valence-electron chi connectivity index (χ3n) is 3.38. The van der Waals surface area contributed by atoms with Crippen LogP contribution in [0.3, 0.4) is 0 Å². The van der Waals surface area contributed by atoms with Gasteiger partial charge < -0.3 is 5.32 Å². The van der Waals surface area contributed by atoms with Gasteiger partial charge in [-0.2, -0.15) is 0 Å². The molecule has 5 heteroatoms. The lowest BCUT2D eigenvalue weighted by molar-refractivity contribution is -0.384. The van der Waals surface area contributed by atoms with Crippen LogP contribution in [0.4, 0.5) is 5.69 Å². The molecule has 0 aliphatic heterocycles. The molecule has 2 aromatic carbocycles. The summed E-state index contributed by atoms with van der Waals surface area (Å²) in [5.41, 5.74) is 2.45. The summed E-state index contributed by atoms with van der Waals surface area (Å²) < 4.78 is 1.10. The van der Waals surface area contributed by atoms with E-state index in [9.17, 15) is 10.1 Å². The molecule has 0 aromatic heterocycles. The minimum absolute atomic E-state index is 0.133. The molecule has 0 aliphatic carbocycles. The molecule has 0 saturated heterocycles. The molecule has 2 aromatic rings. The van der Waals surface area contributed by atoms with Crippen LogP contribution in [0, 0.1) is 10.1 Å². The Kier molecular flexibility index (Phi) is 5.47. The van der Waals surface area contributed by atoms with Crippen molar-refractivity contribution in [3.8, 4) is 0 Å². The van der Waals surface area contributed by atoms with Crippen LogP contribution in [0.5, 0.6) is 0 Å². The molecule has 0 radical (unpaired) electrons. The molecule has 2 rings (SSSR count). The summed E-state index contributed by atoms with van der Waals surface area (Å²) in [6.45, 7) is 2.94. The molecule has 0 spiro atoms. The summed E-state index contributed by atoms with van der Waals surface area (Å²) in [6.07, 6.45) is 0.840. The number of nitrogens with zero attached hydrogens (tertiary/aromatic N) is 1. The predicted molar refractivity (Wildman–Crippen MR) is 87.4 cm³/mol. The van der Waals surface area contributed by atoms with Gasteiger partial charge in [-0.25, -0.2) is 0 Å². The second-order valence-corrected chi connectivity index (χ2v) is 5.73. The highest BCUT2D eigenvalue weighted by atomic mass is 79.9. The molecule has 4 nitrogen and oxygen atoms in total. The van der Waals surface area contributed by atoms with Gasteiger partial charge in [-0.1, -0.05) is 46.3 Å². The molecule has 0 bridgehead atoms. The van der Waals surface area contributed by atoms with Gasteiger partial charge >= 0.3 is 0 Å². The fourth-order valence-corrected chi connectivity index (χ4v) is 2.78. The van der Waals surface area contributed by atoms with Gasteiger partial charge in [-0.05, 0) is 37.1 Å². The second kappa shape index (κ2) is 7.33. The topological polar surface area (TPSA) is 55.2 Å². The van der Waals surface area contributed by atoms with Crippen LogP contribution in [0.25, 0.3) is 0 Å². The van der Waals surface area contributed by atoms with Gasteiger partial charge in [0.15, 0.2) is 0 Å². The van der Waals surface area contributed by atoms with Gasteiger partial charge in [-0.3, -0.25) is 10.1 Å². The summed E-state index contributed by atoms with van der Waals surface area (Å²) in [6, 6.07) is 15.1. The molecule has 1 N–H and O–H groups in total. The molecule has 0 heterocycles. The Hall–Kier alpha value is -1.72. The highest BCUT2D eigenvalue weighted by Crippen LogP contribution is 2.22. The first-order chi connectivity index (χ1) is 10.1. The van der Waals surface area contributed by atoms with Crippen molar-refractivity contribution in [1.82, 2.24) is 5.32 Å². The first-order valence-corrected chi connectivity index (χ1v) is 7.58. The summed E-state index contributed by atoms with van der Waals surface area (Å²) in [5, 5.41) is 14.1. The molecule has 0 amide bonds. The van der Waals surface area contributed by atoms with Crippen LogP contribution in [0.15, 0.2) is 53.0 Å². The van der Waals surface area contributed by atoms with Crippen molar-refractivity contribution in [1.29, 1.82) is 0 Å². The van der Waals surface area contributed by atoms with Crippen LogP contribution >= 0.6 is 15.9 Å². The Bertz CT molecular complexity index is 614. The van der Waals surface area contributed by atoms with Gasteiger partial charge in [0, 0.05) is 22.6 Å². The summed E-state index contributed by atoms with van der Waals surface area (Å²) in [4.78, 5) is 10.2. The highest BCUT2D eigenvalue weighted by Gasteiger charge is 2.08. The number of nitrogens with one attached hydrogen (secondary N) is 1. The van der Waals surface area contributed by atoms with Crippen molar-refractivity contribution in [3.05, 3.63) is 74.2 Å². The van der Waals surface area contributed by atoms with E-state index in [0.29, 0.717) is 0 Å². The normalized spacial score (nSPS) is 12.1. The lowest BCUT2D eigenvalue weighted by atomic mass is 10.1. The predicted octanol–water partition coefficient (Wildman–Crippen LogP) is 4.25. The molecule has 21 heavy (non-hydrogen) atoms. The van der Waals surface area contributed by atoms with E-state index in [4.69, 9.17) is 0 Å². The van der Waals surface area contributed by atoms with Crippen LogP contribution in [0.2, 0.25) is 0 Å². The van der Waals surface area contributed by atoms with Gasteiger partial charge in [0.05, 0.1) is 4.92 Å².